The summed E-state index contributed by atoms with van der Waals surface area (Å²) in [5.74, 6) is -0.786. The lowest BCUT2D eigenvalue weighted by molar-refractivity contribution is -0.471. The van der Waals surface area contributed by atoms with E-state index in [9.17, 15) is 0 Å². The molecule has 112 valence electrons. The predicted octanol–water partition coefficient (Wildman–Crippen LogP) is 3.30. The van der Waals surface area contributed by atoms with E-state index in [-0.39, 0.29) is 0 Å². The van der Waals surface area contributed by atoms with Crippen LogP contribution in [-0.4, -0.2) is 31.8 Å². The first-order chi connectivity index (χ1) is 9.08. The molecule has 1 fully saturated rings. The summed E-state index contributed by atoms with van der Waals surface area (Å²) in [7, 11) is -0.116. The second-order valence-corrected chi connectivity index (χ2v) is 11.3. The minimum Gasteiger partial charge on any atom is -0.386 e. The summed E-state index contributed by atoms with van der Waals surface area (Å²) in [4.78, 5) is 4.07. The van der Waals surface area contributed by atoms with Gasteiger partial charge in [0.2, 0.25) is 5.79 Å². The molecule has 0 saturated carbocycles. The normalized spacial score (nSPS) is 32.8. The van der Waals surface area contributed by atoms with Gasteiger partial charge in [0.05, 0.1) is 0 Å². The molecule has 0 aromatic carbocycles. The largest absolute Gasteiger partial charge is 0.386 e. The molecule has 2 rings (SSSR count). The third-order valence-corrected chi connectivity index (χ3v) is 4.75. The topological polar surface area (TPSA) is 40.6 Å². The summed E-state index contributed by atoms with van der Waals surface area (Å²) in [5, 5.41) is 0. The van der Waals surface area contributed by atoms with Crippen molar-refractivity contribution in [3.05, 3.63) is 30.1 Å². The first-order valence-corrected chi connectivity index (χ1v) is 10.3. The maximum absolute atomic E-state index is 6.47. The summed E-state index contributed by atoms with van der Waals surface area (Å²) < 4.78 is 18.6. The second-order valence-electron chi connectivity index (χ2n) is 6.92. The van der Waals surface area contributed by atoms with Gasteiger partial charge in [-0.05, 0) is 58.1 Å². The maximum Gasteiger partial charge on any atom is 0.221 e. The highest BCUT2D eigenvalue weighted by molar-refractivity contribution is 6.69. The van der Waals surface area contributed by atoms with E-state index in [4.69, 9.17) is 13.9 Å². The van der Waals surface area contributed by atoms with Gasteiger partial charge in [-0.3, -0.25) is 4.98 Å². The third-order valence-electron chi connectivity index (χ3n) is 3.85. The third kappa shape index (κ3) is 2.13. The highest BCUT2D eigenvalue weighted by Gasteiger charge is 2.73. The van der Waals surface area contributed by atoms with Gasteiger partial charge in [-0.1, -0.05) is 0 Å². The van der Waals surface area contributed by atoms with E-state index in [1.165, 1.54) is 0 Å². The van der Waals surface area contributed by atoms with Crippen LogP contribution in [0.2, 0.25) is 19.6 Å². The highest BCUT2D eigenvalue weighted by atomic mass is 28.4. The molecule has 0 N–H and O–H groups in total. The summed E-state index contributed by atoms with van der Waals surface area (Å²) >= 11 is 0. The Morgan fingerprint density at radius 3 is 2.05 bits per heavy atom. The van der Waals surface area contributed by atoms with E-state index < -0.39 is 25.3 Å². The molecule has 5 heteroatoms. The van der Waals surface area contributed by atoms with Crippen molar-refractivity contribution in [3.63, 3.8) is 0 Å². The summed E-state index contributed by atoms with van der Waals surface area (Å²) in [6.45, 7) is 12.5. The number of aromatic nitrogens is 1. The summed E-state index contributed by atoms with van der Waals surface area (Å²) in [6.07, 6.45) is 3.54. The van der Waals surface area contributed by atoms with Crippen LogP contribution in [0.5, 0.6) is 0 Å². The summed E-state index contributed by atoms with van der Waals surface area (Å²) in [6, 6.07) is 3.91. The van der Waals surface area contributed by atoms with Crippen LogP contribution in [-0.2, 0) is 19.5 Å². The van der Waals surface area contributed by atoms with Crippen molar-refractivity contribution in [2.45, 2.75) is 57.4 Å². The number of methoxy groups -OCH3 is 1. The number of rotatable bonds is 4. The zero-order valence-electron chi connectivity index (χ0n) is 13.5. The Hall–Kier alpha value is -0.753. The number of ether oxygens (including phenoxy) is 2. The van der Waals surface area contributed by atoms with Crippen molar-refractivity contribution in [1.82, 2.24) is 4.98 Å². The number of pyridine rings is 1. The number of hydrogen-bond donors (Lipinski definition) is 0. The molecule has 2 atom stereocenters. The Balaban J connectivity index is 2.49. The Labute approximate surface area is 122 Å². The van der Waals surface area contributed by atoms with Crippen molar-refractivity contribution in [3.8, 4) is 0 Å². The van der Waals surface area contributed by atoms with Gasteiger partial charge >= 0.3 is 0 Å². The van der Waals surface area contributed by atoms with Gasteiger partial charge in [-0.25, -0.2) is 0 Å². The monoisotopic (exact) mass is 295 g/mol. The Morgan fingerprint density at radius 2 is 1.65 bits per heavy atom. The van der Waals surface area contributed by atoms with Gasteiger partial charge in [-0.2, -0.15) is 0 Å². The SMILES string of the molecule is COC1(O[Si](C)(C)C)C(C)(C)OC1(C)c1ccncc1. The van der Waals surface area contributed by atoms with Gasteiger partial charge in [0, 0.05) is 19.5 Å². The molecule has 1 aromatic rings. The molecular weight excluding hydrogens is 270 g/mol. The Morgan fingerprint density at radius 1 is 1.10 bits per heavy atom. The first kappa shape index (κ1) is 15.6. The van der Waals surface area contributed by atoms with E-state index in [1.54, 1.807) is 19.5 Å². The van der Waals surface area contributed by atoms with Gasteiger partial charge in [0.25, 0.3) is 0 Å². The molecule has 20 heavy (non-hydrogen) atoms. The molecule has 0 radical (unpaired) electrons. The van der Waals surface area contributed by atoms with Crippen LogP contribution in [0, 0.1) is 0 Å². The molecule has 2 unspecified atom stereocenters. The van der Waals surface area contributed by atoms with E-state index in [2.05, 4.69) is 24.6 Å². The smallest absolute Gasteiger partial charge is 0.221 e. The Kier molecular flexibility index (Phi) is 3.62. The highest BCUT2D eigenvalue weighted by Crippen LogP contribution is 2.59. The van der Waals surface area contributed by atoms with Crippen LogP contribution in [0.15, 0.2) is 24.5 Å². The first-order valence-electron chi connectivity index (χ1n) is 6.94. The van der Waals surface area contributed by atoms with Crippen LogP contribution in [0.4, 0.5) is 0 Å². The minimum absolute atomic E-state index is 0.500. The van der Waals surface area contributed by atoms with Crippen LogP contribution >= 0.6 is 0 Å². The van der Waals surface area contributed by atoms with Gasteiger partial charge in [0.1, 0.15) is 11.2 Å². The fourth-order valence-electron chi connectivity index (χ4n) is 3.23. The zero-order chi connectivity index (χ0) is 15.2. The lowest BCUT2D eigenvalue weighted by Gasteiger charge is -2.66. The predicted molar refractivity (Wildman–Crippen MR) is 80.9 cm³/mol. The van der Waals surface area contributed by atoms with Gasteiger partial charge in [-0.15, -0.1) is 0 Å². The van der Waals surface area contributed by atoms with Gasteiger partial charge < -0.3 is 13.9 Å². The molecule has 1 aromatic heterocycles. The average molecular weight is 295 g/mol. The van der Waals surface area contributed by atoms with Crippen molar-refractivity contribution in [2.75, 3.05) is 7.11 Å². The van der Waals surface area contributed by atoms with Crippen LogP contribution in [0.25, 0.3) is 0 Å². The van der Waals surface area contributed by atoms with E-state index >= 15 is 0 Å². The fourth-order valence-corrected chi connectivity index (χ4v) is 4.61. The van der Waals surface area contributed by atoms with Crippen molar-refractivity contribution >= 4 is 8.32 Å². The van der Waals surface area contributed by atoms with Crippen LogP contribution in [0.1, 0.15) is 26.3 Å². The molecule has 4 nitrogen and oxygen atoms in total. The zero-order valence-corrected chi connectivity index (χ0v) is 14.5. The lowest BCUT2D eigenvalue weighted by atomic mass is 9.71. The minimum atomic E-state index is -1.81. The maximum atomic E-state index is 6.47. The molecule has 1 saturated heterocycles. The van der Waals surface area contributed by atoms with Crippen LogP contribution < -0.4 is 0 Å². The fraction of sp³-hybridized carbons (Fsp3) is 0.667. The van der Waals surface area contributed by atoms with Gasteiger partial charge in [0.15, 0.2) is 8.32 Å². The Bertz CT molecular complexity index is 486. The van der Waals surface area contributed by atoms with Crippen molar-refractivity contribution < 1.29 is 13.9 Å². The molecule has 0 bridgehead atoms. The molecule has 0 aliphatic carbocycles. The second kappa shape index (κ2) is 4.63. The molecule has 1 aliphatic rings. The quantitative estimate of drug-likeness (QED) is 0.631. The standard InChI is InChI=1S/C15H25NO3Si/c1-13(2)15(17-4,19-20(5,6)7)14(3,18-13)12-8-10-16-11-9-12/h8-11H,1-7H3. The molecule has 0 amide bonds. The van der Waals surface area contributed by atoms with E-state index in [1.807, 2.05) is 32.9 Å². The van der Waals surface area contributed by atoms with E-state index in [0.717, 1.165) is 5.56 Å². The molecule has 1 aliphatic heterocycles. The lowest BCUT2D eigenvalue weighted by Crippen LogP contribution is -2.80. The van der Waals surface area contributed by atoms with E-state index in [0.29, 0.717) is 0 Å². The van der Waals surface area contributed by atoms with Crippen molar-refractivity contribution in [1.29, 1.82) is 0 Å². The number of nitrogens with zero attached hydrogens (tertiary/aromatic N) is 1. The summed E-state index contributed by atoms with van der Waals surface area (Å²) in [5.41, 5.74) is -0.110. The molecule has 0 spiro atoms. The number of hydrogen-bond acceptors (Lipinski definition) is 4. The van der Waals surface area contributed by atoms with Crippen molar-refractivity contribution in [2.24, 2.45) is 0 Å². The van der Waals surface area contributed by atoms with Crippen LogP contribution in [0.3, 0.4) is 0 Å². The molecule has 2 heterocycles. The average Bonchev–Trinajstić information content (AvgIpc) is 2.35. The molecular formula is C15H25NO3Si.